The zero-order chi connectivity index (χ0) is 15.4. The first-order valence-electron chi connectivity index (χ1n) is 8.62. The van der Waals surface area contributed by atoms with E-state index in [2.05, 4.69) is 22.3 Å². The topological polar surface area (TPSA) is 58.4 Å². The number of fused-ring (bicyclic) bond motifs is 1. The van der Waals surface area contributed by atoms with E-state index in [4.69, 9.17) is 5.73 Å². The number of hydrogen-bond donors (Lipinski definition) is 2. The Labute approximate surface area is 133 Å². The maximum absolute atomic E-state index is 12.3. The molecule has 0 aromatic heterocycles. The second-order valence-electron chi connectivity index (χ2n) is 6.58. The van der Waals surface area contributed by atoms with E-state index in [-0.39, 0.29) is 5.91 Å². The molecule has 1 unspecified atom stereocenters. The van der Waals surface area contributed by atoms with Crippen LogP contribution in [0.15, 0.2) is 18.2 Å². The molecule has 1 fully saturated rings. The van der Waals surface area contributed by atoms with Crippen molar-refractivity contribution < 1.29 is 4.79 Å². The van der Waals surface area contributed by atoms with Gasteiger partial charge in [-0.3, -0.25) is 9.69 Å². The molecule has 1 aliphatic heterocycles. The Morgan fingerprint density at radius 3 is 2.95 bits per heavy atom. The molecule has 1 aromatic carbocycles. The summed E-state index contributed by atoms with van der Waals surface area (Å²) in [6.07, 6.45) is 8.17. The van der Waals surface area contributed by atoms with Crippen LogP contribution >= 0.6 is 0 Å². The maximum Gasteiger partial charge on any atom is 0.238 e. The first-order chi connectivity index (χ1) is 10.8. The van der Waals surface area contributed by atoms with E-state index in [0.29, 0.717) is 19.1 Å². The number of nitrogens with one attached hydrogen (secondary N) is 1. The van der Waals surface area contributed by atoms with Crippen molar-refractivity contribution in [3.63, 3.8) is 0 Å². The van der Waals surface area contributed by atoms with Crippen LogP contribution in [0.25, 0.3) is 0 Å². The van der Waals surface area contributed by atoms with Gasteiger partial charge in [0, 0.05) is 11.7 Å². The van der Waals surface area contributed by atoms with Crippen molar-refractivity contribution in [3.05, 3.63) is 29.3 Å². The highest BCUT2D eigenvalue weighted by Crippen LogP contribution is 2.25. The van der Waals surface area contributed by atoms with Gasteiger partial charge in [-0.2, -0.15) is 0 Å². The van der Waals surface area contributed by atoms with Crippen LogP contribution < -0.4 is 11.1 Å². The highest BCUT2D eigenvalue weighted by Gasteiger charge is 2.23. The van der Waals surface area contributed by atoms with E-state index < -0.39 is 0 Å². The van der Waals surface area contributed by atoms with Gasteiger partial charge in [0.05, 0.1) is 6.54 Å². The number of hydrogen-bond acceptors (Lipinski definition) is 3. The van der Waals surface area contributed by atoms with Gasteiger partial charge in [0.25, 0.3) is 0 Å². The van der Waals surface area contributed by atoms with E-state index in [0.717, 1.165) is 25.1 Å². The molecule has 3 rings (SSSR count). The Morgan fingerprint density at radius 2 is 2.09 bits per heavy atom. The number of nitrogens with two attached hydrogens (primary N) is 1. The number of rotatable bonds is 5. The molecule has 0 radical (unpaired) electrons. The molecule has 0 spiro atoms. The quantitative estimate of drug-likeness (QED) is 0.877. The lowest BCUT2D eigenvalue weighted by Gasteiger charge is -2.35. The normalized spacial score (nSPS) is 21.6. The third-order valence-corrected chi connectivity index (χ3v) is 4.98. The summed E-state index contributed by atoms with van der Waals surface area (Å²) < 4.78 is 0. The highest BCUT2D eigenvalue weighted by molar-refractivity contribution is 5.92. The summed E-state index contributed by atoms with van der Waals surface area (Å²) in [6, 6.07) is 6.82. The monoisotopic (exact) mass is 301 g/mol. The Kier molecular flexibility index (Phi) is 5.11. The Morgan fingerprint density at radius 1 is 1.23 bits per heavy atom. The van der Waals surface area contributed by atoms with Crippen molar-refractivity contribution in [1.29, 1.82) is 0 Å². The van der Waals surface area contributed by atoms with Crippen molar-refractivity contribution in [1.82, 2.24) is 4.90 Å². The number of carbonyl (C=O) groups is 1. The van der Waals surface area contributed by atoms with Gasteiger partial charge >= 0.3 is 0 Å². The summed E-state index contributed by atoms with van der Waals surface area (Å²) in [5.74, 6) is 0.0990. The zero-order valence-corrected chi connectivity index (χ0v) is 13.3. The minimum Gasteiger partial charge on any atom is -0.330 e. The van der Waals surface area contributed by atoms with Gasteiger partial charge in [0.2, 0.25) is 5.91 Å². The molecule has 1 saturated heterocycles. The molecule has 2 aliphatic rings. The van der Waals surface area contributed by atoms with Crippen LogP contribution in [-0.2, 0) is 17.6 Å². The average molecular weight is 301 g/mol. The first-order valence-corrected chi connectivity index (χ1v) is 8.62. The molecule has 22 heavy (non-hydrogen) atoms. The molecular weight excluding hydrogens is 274 g/mol. The number of nitrogens with zero attached hydrogens (tertiary/aromatic N) is 1. The van der Waals surface area contributed by atoms with Crippen molar-refractivity contribution in [3.8, 4) is 0 Å². The largest absolute Gasteiger partial charge is 0.330 e. The number of piperidine rings is 1. The molecule has 0 saturated carbocycles. The number of likely N-dealkylation sites (tertiary alicyclic amines) is 1. The third-order valence-electron chi connectivity index (χ3n) is 4.98. The molecule has 1 amide bonds. The molecule has 120 valence electrons. The standard InChI is InChI=1S/C18H27N3O/c19-10-9-17-6-1-2-11-21(17)13-18(22)20-16-8-7-14-4-3-5-15(14)12-16/h7-8,12,17H,1-6,9-11,13,19H2,(H,20,22). The van der Waals surface area contributed by atoms with E-state index in [1.807, 2.05) is 6.07 Å². The summed E-state index contributed by atoms with van der Waals surface area (Å²) in [5.41, 5.74) is 9.48. The van der Waals surface area contributed by atoms with E-state index in [9.17, 15) is 4.79 Å². The van der Waals surface area contributed by atoms with Crippen molar-refractivity contribution in [2.24, 2.45) is 5.73 Å². The summed E-state index contributed by atoms with van der Waals surface area (Å²) in [7, 11) is 0. The summed E-state index contributed by atoms with van der Waals surface area (Å²) in [5, 5.41) is 3.07. The van der Waals surface area contributed by atoms with Gasteiger partial charge in [0.15, 0.2) is 0 Å². The number of amides is 1. The van der Waals surface area contributed by atoms with Gasteiger partial charge < -0.3 is 11.1 Å². The molecule has 1 atom stereocenters. The van der Waals surface area contributed by atoms with Crippen LogP contribution in [0.1, 0.15) is 43.2 Å². The van der Waals surface area contributed by atoms with Gasteiger partial charge in [0.1, 0.15) is 0 Å². The number of carbonyl (C=O) groups excluding carboxylic acids is 1. The Hall–Kier alpha value is -1.39. The number of anilines is 1. The minimum absolute atomic E-state index is 0.0990. The lowest BCUT2D eigenvalue weighted by Crippen LogP contribution is -2.44. The van der Waals surface area contributed by atoms with Crippen LogP contribution in [-0.4, -0.2) is 36.5 Å². The van der Waals surface area contributed by atoms with Gasteiger partial charge in [-0.25, -0.2) is 0 Å². The minimum atomic E-state index is 0.0990. The summed E-state index contributed by atoms with van der Waals surface area (Å²) in [6.45, 7) is 2.21. The molecular formula is C18H27N3O. The third kappa shape index (κ3) is 3.68. The highest BCUT2D eigenvalue weighted by atomic mass is 16.2. The number of aryl methyl sites for hydroxylation is 2. The average Bonchev–Trinajstić information content (AvgIpc) is 2.97. The summed E-state index contributed by atoms with van der Waals surface area (Å²) >= 11 is 0. The Balaban J connectivity index is 1.57. The second-order valence-corrected chi connectivity index (χ2v) is 6.58. The van der Waals surface area contributed by atoms with Gasteiger partial charge in [-0.1, -0.05) is 12.5 Å². The molecule has 4 heteroatoms. The van der Waals surface area contributed by atoms with Crippen LogP contribution in [0.4, 0.5) is 5.69 Å². The van der Waals surface area contributed by atoms with E-state index in [1.54, 1.807) is 0 Å². The van der Waals surface area contributed by atoms with Crippen LogP contribution in [0, 0.1) is 0 Å². The molecule has 1 aliphatic carbocycles. The maximum atomic E-state index is 12.3. The van der Waals surface area contributed by atoms with Crippen LogP contribution in [0.2, 0.25) is 0 Å². The first kappa shape index (κ1) is 15.5. The molecule has 4 nitrogen and oxygen atoms in total. The van der Waals surface area contributed by atoms with Crippen LogP contribution in [0.5, 0.6) is 0 Å². The zero-order valence-electron chi connectivity index (χ0n) is 13.3. The second kappa shape index (κ2) is 7.25. The number of benzene rings is 1. The molecule has 0 bridgehead atoms. The van der Waals surface area contributed by atoms with Gasteiger partial charge in [-0.15, -0.1) is 0 Å². The van der Waals surface area contributed by atoms with Crippen LogP contribution in [0.3, 0.4) is 0 Å². The lowest BCUT2D eigenvalue weighted by molar-refractivity contribution is -0.118. The van der Waals surface area contributed by atoms with Crippen molar-refractivity contribution in [2.75, 3.05) is 25.0 Å². The lowest BCUT2D eigenvalue weighted by atomic mass is 9.99. The predicted octanol–water partition coefficient (Wildman–Crippen LogP) is 2.32. The van der Waals surface area contributed by atoms with E-state index >= 15 is 0 Å². The fourth-order valence-electron chi connectivity index (χ4n) is 3.82. The fourth-order valence-corrected chi connectivity index (χ4v) is 3.82. The van der Waals surface area contributed by atoms with E-state index in [1.165, 1.54) is 43.2 Å². The molecule has 1 aromatic rings. The SMILES string of the molecule is NCCC1CCCCN1CC(=O)Nc1ccc2c(c1)CCC2. The predicted molar refractivity (Wildman–Crippen MR) is 90.0 cm³/mol. The van der Waals surface area contributed by atoms with Gasteiger partial charge in [-0.05, 0) is 74.9 Å². The van der Waals surface area contributed by atoms with Crippen molar-refractivity contribution >= 4 is 11.6 Å². The summed E-state index contributed by atoms with van der Waals surface area (Å²) in [4.78, 5) is 14.7. The fraction of sp³-hybridized carbons (Fsp3) is 0.611. The molecule has 3 N–H and O–H groups in total. The molecule has 1 heterocycles. The Bertz CT molecular complexity index is 527. The van der Waals surface area contributed by atoms with Crippen molar-refractivity contribution in [2.45, 2.75) is 51.0 Å². The smallest absolute Gasteiger partial charge is 0.238 e.